The first-order valence-electron chi connectivity index (χ1n) is 4.57. The third-order valence-corrected chi connectivity index (χ3v) is 2.53. The molecule has 1 amide bonds. The van der Waals surface area contributed by atoms with E-state index in [0.717, 1.165) is 12.8 Å². The standard InChI is InChI=1S/C9H15NO3/c1-6(11)10-5-7-2-3-8(4-7)9(12)13/h7-8H,2-5H2,1H3,(H,10,11)(H,12,13)/t7?,8-/m1/s1. The maximum absolute atomic E-state index is 10.6. The first kappa shape index (κ1) is 10.0. The van der Waals surface area contributed by atoms with E-state index in [0.29, 0.717) is 18.9 Å². The zero-order valence-corrected chi connectivity index (χ0v) is 7.75. The van der Waals surface area contributed by atoms with Crippen LogP contribution in [0.1, 0.15) is 26.2 Å². The van der Waals surface area contributed by atoms with Gasteiger partial charge in [-0.2, -0.15) is 0 Å². The molecular weight excluding hydrogens is 170 g/mol. The lowest BCUT2D eigenvalue weighted by Gasteiger charge is -2.09. The Balaban J connectivity index is 2.25. The van der Waals surface area contributed by atoms with Crippen LogP contribution in [0.4, 0.5) is 0 Å². The van der Waals surface area contributed by atoms with E-state index >= 15 is 0 Å². The zero-order chi connectivity index (χ0) is 9.84. The van der Waals surface area contributed by atoms with E-state index in [1.54, 1.807) is 0 Å². The summed E-state index contributed by atoms with van der Waals surface area (Å²) < 4.78 is 0. The molecule has 4 heteroatoms. The van der Waals surface area contributed by atoms with Gasteiger partial charge in [0.15, 0.2) is 0 Å². The third kappa shape index (κ3) is 3.05. The first-order valence-corrected chi connectivity index (χ1v) is 4.57. The molecule has 1 saturated carbocycles. The smallest absolute Gasteiger partial charge is 0.306 e. The van der Waals surface area contributed by atoms with Crippen LogP contribution in [0.3, 0.4) is 0 Å². The second-order valence-electron chi connectivity index (χ2n) is 3.65. The Morgan fingerprint density at radius 3 is 2.62 bits per heavy atom. The van der Waals surface area contributed by atoms with E-state index < -0.39 is 5.97 Å². The highest BCUT2D eigenvalue weighted by molar-refractivity contribution is 5.73. The fraction of sp³-hybridized carbons (Fsp3) is 0.778. The molecule has 4 nitrogen and oxygen atoms in total. The van der Waals surface area contributed by atoms with Gasteiger partial charge in [-0.15, -0.1) is 0 Å². The van der Waals surface area contributed by atoms with Crippen LogP contribution >= 0.6 is 0 Å². The molecule has 1 rings (SSSR count). The number of rotatable bonds is 3. The normalized spacial score (nSPS) is 27.2. The van der Waals surface area contributed by atoms with Crippen LogP contribution in [0.2, 0.25) is 0 Å². The van der Waals surface area contributed by atoms with Crippen molar-refractivity contribution in [2.24, 2.45) is 11.8 Å². The van der Waals surface area contributed by atoms with Crippen molar-refractivity contribution in [2.45, 2.75) is 26.2 Å². The van der Waals surface area contributed by atoms with Crippen molar-refractivity contribution >= 4 is 11.9 Å². The van der Waals surface area contributed by atoms with Gasteiger partial charge < -0.3 is 10.4 Å². The Morgan fingerprint density at radius 2 is 2.15 bits per heavy atom. The zero-order valence-electron chi connectivity index (χ0n) is 7.75. The number of carbonyl (C=O) groups excluding carboxylic acids is 1. The second-order valence-corrected chi connectivity index (χ2v) is 3.65. The molecule has 0 saturated heterocycles. The Morgan fingerprint density at radius 1 is 1.46 bits per heavy atom. The quantitative estimate of drug-likeness (QED) is 0.677. The molecule has 0 radical (unpaired) electrons. The summed E-state index contributed by atoms with van der Waals surface area (Å²) in [7, 11) is 0. The minimum absolute atomic E-state index is 0.0428. The van der Waals surface area contributed by atoms with Crippen molar-refractivity contribution in [2.75, 3.05) is 6.54 Å². The van der Waals surface area contributed by atoms with Crippen molar-refractivity contribution < 1.29 is 14.7 Å². The number of hydrogen-bond acceptors (Lipinski definition) is 2. The summed E-state index contributed by atoms with van der Waals surface area (Å²) in [6, 6.07) is 0. The average Bonchev–Trinajstić information content (AvgIpc) is 2.48. The highest BCUT2D eigenvalue weighted by atomic mass is 16.4. The molecule has 0 bridgehead atoms. The first-order chi connectivity index (χ1) is 6.09. The van der Waals surface area contributed by atoms with Crippen molar-refractivity contribution in [1.82, 2.24) is 5.32 Å². The van der Waals surface area contributed by atoms with Crippen molar-refractivity contribution in [3.63, 3.8) is 0 Å². The lowest BCUT2D eigenvalue weighted by molar-refractivity contribution is -0.141. The highest BCUT2D eigenvalue weighted by Gasteiger charge is 2.29. The topological polar surface area (TPSA) is 66.4 Å². The number of hydrogen-bond donors (Lipinski definition) is 2. The van der Waals surface area contributed by atoms with Crippen LogP contribution in [-0.2, 0) is 9.59 Å². The van der Waals surface area contributed by atoms with Gasteiger partial charge in [-0.3, -0.25) is 9.59 Å². The van der Waals surface area contributed by atoms with Gasteiger partial charge in [0.2, 0.25) is 5.91 Å². The van der Waals surface area contributed by atoms with Gasteiger partial charge >= 0.3 is 5.97 Å². The summed E-state index contributed by atoms with van der Waals surface area (Å²) in [6.07, 6.45) is 2.37. The van der Waals surface area contributed by atoms with Crippen molar-refractivity contribution in [3.05, 3.63) is 0 Å². The van der Waals surface area contributed by atoms with Gasteiger partial charge in [0.1, 0.15) is 0 Å². The van der Waals surface area contributed by atoms with Crippen LogP contribution in [0.25, 0.3) is 0 Å². The molecule has 2 atom stereocenters. The van der Waals surface area contributed by atoms with E-state index in [1.807, 2.05) is 0 Å². The molecule has 0 spiro atoms. The van der Waals surface area contributed by atoms with Crippen molar-refractivity contribution in [1.29, 1.82) is 0 Å². The minimum atomic E-state index is -0.703. The molecule has 13 heavy (non-hydrogen) atoms. The molecule has 1 aliphatic rings. The summed E-state index contributed by atoms with van der Waals surface area (Å²) in [5.74, 6) is -0.590. The molecule has 74 valence electrons. The number of carboxylic acid groups (broad SMARTS) is 1. The van der Waals surface area contributed by atoms with Crippen LogP contribution in [0.15, 0.2) is 0 Å². The molecule has 0 aromatic rings. The SMILES string of the molecule is CC(=O)NCC1CC[C@@H](C(=O)O)C1. The summed E-state index contributed by atoms with van der Waals surface area (Å²) >= 11 is 0. The predicted molar refractivity (Wildman–Crippen MR) is 47.2 cm³/mol. The molecule has 1 unspecified atom stereocenters. The van der Waals surface area contributed by atoms with E-state index in [-0.39, 0.29) is 11.8 Å². The molecule has 0 aromatic carbocycles. The number of nitrogens with one attached hydrogen (secondary N) is 1. The maximum atomic E-state index is 10.6. The average molecular weight is 185 g/mol. The highest BCUT2D eigenvalue weighted by Crippen LogP contribution is 2.30. The predicted octanol–water partition coefficient (Wildman–Crippen LogP) is 0.623. The second kappa shape index (κ2) is 4.25. The number of amides is 1. The van der Waals surface area contributed by atoms with Gasteiger partial charge in [0.25, 0.3) is 0 Å². The summed E-state index contributed by atoms with van der Waals surface area (Å²) in [4.78, 5) is 21.2. The van der Waals surface area contributed by atoms with Gasteiger partial charge in [-0.25, -0.2) is 0 Å². The van der Waals surface area contributed by atoms with Crippen LogP contribution in [-0.4, -0.2) is 23.5 Å². The number of carbonyl (C=O) groups is 2. The summed E-state index contributed by atoms with van der Waals surface area (Å²) in [6.45, 7) is 2.10. The van der Waals surface area contributed by atoms with Gasteiger partial charge in [-0.05, 0) is 25.2 Å². The Hall–Kier alpha value is -1.06. The molecule has 1 fully saturated rings. The van der Waals surface area contributed by atoms with Crippen molar-refractivity contribution in [3.8, 4) is 0 Å². The van der Waals surface area contributed by atoms with Crippen LogP contribution < -0.4 is 5.32 Å². The fourth-order valence-electron chi connectivity index (χ4n) is 1.77. The molecule has 0 aromatic heterocycles. The van der Waals surface area contributed by atoms with E-state index in [1.165, 1.54) is 6.92 Å². The Labute approximate surface area is 77.3 Å². The minimum Gasteiger partial charge on any atom is -0.481 e. The summed E-state index contributed by atoms with van der Waals surface area (Å²) in [5, 5.41) is 11.4. The fourth-order valence-corrected chi connectivity index (χ4v) is 1.77. The van der Waals surface area contributed by atoms with Crippen LogP contribution in [0.5, 0.6) is 0 Å². The molecule has 0 aliphatic heterocycles. The van der Waals surface area contributed by atoms with E-state index in [9.17, 15) is 9.59 Å². The largest absolute Gasteiger partial charge is 0.481 e. The maximum Gasteiger partial charge on any atom is 0.306 e. The summed E-state index contributed by atoms with van der Waals surface area (Å²) in [5.41, 5.74) is 0. The van der Waals surface area contributed by atoms with Crippen LogP contribution in [0, 0.1) is 11.8 Å². The van der Waals surface area contributed by atoms with Gasteiger partial charge in [0.05, 0.1) is 5.92 Å². The monoisotopic (exact) mass is 185 g/mol. The molecule has 0 heterocycles. The number of carboxylic acids is 1. The Bertz CT molecular complexity index is 215. The molecule has 1 aliphatic carbocycles. The van der Waals surface area contributed by atoms with E-state index in [4.69, 9.17) is 5.11 Å². The number of aliphatic carboxylic acids is 1. The van der Waals surface area contributed by atoms with Gasteiger partial charge in [0, 0.05) is 13.5 Å². The third-order valence-electron chi connectivity index (χ3n) is 2.53. The van der Waals surface area contributed by atoms with E-state index in [2.05, 4.69) is 5.32 Å². The lowest BCUT2D eigenvalue weighted by atomic mass is 10.1. The Kier molecular flexibility index (Phi) is 3.28. The molecule has 2 N–H and O–H groups in total. The lowest BCUT2D eigenvalue weighted by Crippen LogP contribution is -2.26. The molecular formula is C9H15NO3. The van der Waals surface area contributed by atoms with Gasteiger partial charge in [-0.1, -0.05) is 0 Å².